The third kappa shape index (κ3) is 3.75. The molecule has 0 bridgehead atoms. The third-order valence-electron chi connectivity index (χ3n) is 4.75. The predicted molar refractivity (Wildman–Crippen MR) is 110 cm³/mol. The van der Waals surface area contributed by atoms with E-state index < -0.39 is 0 Å². The maximum atomic E-state index is 12.5. The zero-order valence-electron chi connectivity index (χ0n) is 15.1. The molecule has 4 aromatic carbocycles. The van der Waals surface area contributed by atoms with Gasteiger partial charge in [0.15, 0.2) is 0 Å². The summed E-state index contributed by atoms with van der Waals surface area (Å²) in [5, 5.41) is 2.32. The monoisotopic (exact) mass is 352 g/mol. The van der Waals surface area contributed by atoms with Gasteiger partial charge in [0.1, 0.15) is 6.10 Å². The van der Waals surface area contributed by atoms with Crippen LogP contribution in [0.25, 0.3) is 21.9 Å². The molecule has 0 aliphatic carbocycles. The van der Waals surface area contributed by atoms with Crippen molar-refractivity contribution < 1.29 is 9.53 Å². The lowest BCUT2D eigenvalue weighted by molar-refractivity contribution is 0.0338. The van der Waals surface area contributed by atoms with Gasteiger partial charge in [0.2, 0.25) is 0 Å². The highest BCUT2D eigenvalue weighted by Gasteiger charge is 2.14. The molecule has 0 spiro atoms. The Morgan fingerprint density at radius 1 is 0.704 bits per heavy atom. The molecule has 0 heterocycles. The molecule has 2 nitrogen and oxygen atoms in total. The van der Waals surface area contributed by atoms with Crippen LogP contribution in [0.3, 0.4) is 0 Å². The molecule has 0 amide bonds. The number of ether oxygens (including phenoxy) is 1. The predicted octanol–water partition coefficient (Wildman–Crippen LogP) is 6.42. The van der Waals surface area contributed by atoms with Gasteiger partial charge in [-0.15, -0.1) is 0 Å². The van der Waals surface area contributed by atoms with E-state index in [1.54, 1.807) is 0 Å². The van der Waals surface area contributed by atoms with E-state index in [4.69, 9.17) is 4.74 Å². The van der Waals surface area contributed by atoms with E-state index >= 15 is 0 Å². The Hall–Kier alpha value is -3.39. The van der Waals surface area contributed by atoms with Crippen molar-refractivity contribution in [3.05, 3.63) is 108 Å². The fourth-order valence-corrected chi connectivity index (χ4v) is 3.19. The Labute approximate surface area is 159 Å². The number of esters is 1. The minimum Gasteiger partial charge on any atom is -0.454 e. The van der Waals surface area contributed by atoms with Crippen LogP contribution in [0.4, 0.5) is 0 Å². The molecule has 132 valence electrons. The molecule has 2 heteroatoms. The van der Waals surface area contributed by atoms with Crippen molar-refractivity contribution in [3.8, 4) is 11.1 Å². The number of carbonyl (C=O) groups excluding carboxylic acids is 1. The molecule has 0 aliphatic heterocycles. The van der Waals surface area contributed by atoms with Crippen LogP contribution in [0.15, 0.2) is 97.1 Å². The Balaban J connectivity index is 1.49. The van der Waals surface area contributed by atoms with Gasteiger partial charge >= 0.3 is 5.97 Å². The lowest BCUT2D eigenvalue weighted by Crippen LogP contribution is -2.09. The van der Waals surface area contributed by atoms with Crippen LogP contribution >= 0.6 is 0 Å². The standard InChI is InChI=1S/C25H20O2/c1-18(23-16-13-20-9-5-6-10-24(20)17-23)27-25(26)22-14-11-21(12-15-22)19-7-3-2-4-8-19/h2-18H,1H3/t18-/m0/s1. The van der Waals surface area contributed by atoms with Crippen LogP contribution in [-0.4, -0.2) is 5.97 Å². The van der Waals surface area contributed by atoms with Crippen molar-refractivity contribution in [1.29, 1.82) is 0 Å². The minimum atomic E-state index is -0.310. The quantitative estimate of drug-likeness (QED) is 0.396. The molecule has 0 aliphatic rings. The van der Waals surface area contributed by atoms with Crippen LogP contribution in [0, 0.1) is 0 Å². The van der Waals surface area contributed by atoms with E-state index in [9.17, 15) is 4.79 Å². The summed E-state index contributed by atoms with van der Waals surface area (Å²) in [5.74, 6) is -0.310. The Bertz CT molecular complexity index is 1070. The molecule has 4 rings (SSSR count). The average Bonchev–Trinajstić information content (AvgIpc) is 2.74. The molecule has 0 radical (unpaired) electrons. The number of hydrogen-bond acceptors (Lipinski definition) is 2. The zero-order valence-corrected chi connectivity index (χ0v) is 15.1. The second-order valence-corrected chi connectivity index (χ2v) is 6.60. The largest absolute Gasteiger partial charge is 0.454 e. The smallest absolute Gasteiger partial charge is 0.338 e. The van der Waals surface area contributed by atoms with Crippen molar-refractivity contribution in [2.45, 2.75) is 13.0 Å². The van der Waals surface area contributed by atoms with Gasteiger partial charge in [-0.1, -0.05) is 78.9 Å². The van der Waals surface area contributed by atoms with Crippen LogP contribution < -0.4 is 0 Å². The minimum absolute atomic E-state index is 0.309. The van der Waals surface area contributed by atoms with Crippen molar-refractivity contribution in [2.24, 2.45) is 0 Å². The van der Waals surface area contributed by atoms with Gasteiger partial charge in [-0.25, -0.2) is 4.79 Å². The van der Waals surface area contributed by atoms with Crippen LogP contribution in [-0.2, 0) is 4.74 Å². The average molecular weight is 352 g/mol. The van der Waals surface area contributed by atoms with E-state index in [0.29, 0.717) is 5.56 Å². The fraction of sp³-hybridized carbons (Fsp3) is 0.0800. The number of hydrogen-bond donors (Lipinski definition) is 0. The Kier molecular flexibility index (Phi) is 4.71. The van der Waals surface area contributed by atoms with Crippen molar-refractivity contribution in [3.63, 3.8) is 0 Å². The molecule has 0 N–H and O–H groups in total. The highest BCUT2D eigenvalue weighted by molar-refractivity contribution is 5.90. The van der Waals surface area contributed by atoms with Crippen LogP contribution in [0.5, 0.6) is 0 Å². The van der Waals surface area contributed by atoms with Gasteiger partial charge in [-0.05, 0) is 52.6 Å². The lowest BCUT2D eigenvalue weighted by atomic mass is 10.0. The Morgan fingerprint density at radius 3 is 2.07 bits per heavy atom. The maximum absolute atomic E-state index is 12.5. The molecule has 1 atom stereocenters. The van der Waals surface area contributed by atoms with Gasteiger partial charge in [0.25, 0.3) is 0 Å². The molecule has 0 aromatic heterocycles. The van der Waals surface area contributed by atoms with Gasteiger partial charge in [0, 0.05) is 0 Å². The summed E-state index contributed by atoms with van der Waals surface area (Å²) < 4.78 is 5.68. The molecule has 27 heavy (non-hydrogen) atoms. The maximum Gasteiger partial charge on any atom is 0.338 e. The van der Waals surface area contributed by atoms with Crippen LogP contribution in [0.1, 0.15) is 28.9 Å². The Morgan fingerprint density at radius 2 is 1.33 bits per heavy atom. The summed E-state index contributed by atoms with van der Waals surface area (Å²) in [4.78, 5) is 12.5. The summed E-state index contributed by atoms with van der Waals surface area (Å²) in [6, 6.07) is 31.9. The first-order valence-electron chi connectivity index (χ1n) is 9.06. The topological polar surface area (TPSA) is 26.3 Å². The lowest BCUT2D eigenvalue weighted by Gasteiger charge is -2.14. The van der Waals surface area contributed by atoms with Crippen molar-refractivity contribution in [1.82, 2.24) is 0 Å². The number of carbonyl (C=O) groups is 1. The molecular formula is C25H20O2. The molecule has 0 unspecified atom stereocenters. The van der Waals surface area contributed by atoms with E-state index in [2.05, 4.69) is 36.4 Å². The molecule has 0 fully saturated rings. The number of benzene rings is 4. The molecule has 0 saturated carbocycles. The zero-order chi connectivity index (χ0) is 18.6. The van der Waals surface area contributed by atoms with Gasteiger partial charge in [0.05, 0.1) is 5.56 Å². The second kappa shape index (κ2) is 7.46. The van der Waals surface area contributed by atoms with E-state index in [0.717, 1.165) is 22.1 Å². The van der Waals surface area contributed by atoms with Crippen molar-refractivity contribution in [2.75, 3.05) is 0 Å². The van der Waals surface area contributed by atoms with Gasteiger partial charge in [-0.2, -0.15) is 0 Å². The summed E-state index contributed by atoms with van der Waals surface area (Å²) in [6.07, 6.45) is -0.309. The van der Waals surface area contributed by atoms with Crippen LogP contribution in [0.2, 0.25) is 0 Å². The van der Waals surface area contributed by atoms with E-state index in [1.807, 2.05) is 67.6 Å². The van der Waals surface area contributed by atoms with Crippen molar-refractivity contribution >= 4 is 16.7 Å². The summed E-state index contributed by atoms with van der Waals surface area (Å²) in [6.45, 7) is 1.90. The summed E-state index contributed by atoms with van der Waals surface area (Å²) in [7, 11) is 0. The van der Waals surface area contributed by atoms with E-state index in [1.165, 1.54) is 5.39 Å². The third-order valence-corrected chi connectivity index (χ3v) is 4.75. The van der Waals surface area contributed by atoms with Gasteiger partial charge < -0.3 is 4.74 Å². The summed E-state index contributed by atoms with van der Waals surface area (Å²) in [5.41, 5.74) is 3.75. The normalized spacial score (nSPS) is 11.9. The fourth-order valence-electron chi connectivity index (χ4n) is 3.19. The molecule has 4 aromatic rings. The number of fused-ring (bicyclic) bond motifs is 1. The molecular weight excluding hydrogens is 332 g/mol. The first kappa shape index (κ1) is 17.0. The highest BCUT2D eigenvalue weighted by Crippen LogP contribution is 2.24. The second-order valence-electron chi connectivity index (χ2n) is 6.60. The number of rotatable bonds is 4. The highest BCUT2D eigenvalue weighted by atomic mass is 16.5. The molecule has 0 saturated heterocycles. The van der Waals surface area contributed by atoms with Gasteiger partial charge in [-0.3, -0.25) is 0 Å². The SMILES string of the molecule is C[C@H](OC(=O)c1ccc(-c2ccccc2)cc1)c1ccc2ccccc2c1. The first-order valence-corrected chi connectivity index (χ1v) is 9.06. The first-order chi connectivity index (χ1) is 13.2. The van der Waals surface area contributed by atoms with E-state index in [-0.39, 0.29) is 12.1 Å². The summed E-state index contributed by atoms with van der Waals surface area (Å²) >= 11 is 0.